The predicted molar refractivity (Wildman–Crippen MR) is 468 cm³/mol. The molecule has 0 spiro atoms. The predicted octanol–water partition coefficient (Wildman–Crippen LogP) is 27.8. The molecule has 0 aliphatic heterocycles. The average molecular weight is 1430 g/mol. The number of rotatable bonds is 9. The molecule has 23 rings (SSSR count). The van der Waals surface area contributed by atoms with Crippen molar-refractivity contribution in [3.8, 4) is 118 Å². The second-order valence-corrected chi connectivity index (χ2v) is 32.8. The van der Waals surface area contributed by atoms with Gasteiger partial charge in [-0.1, -0.05) is 278 Å². The number of para-hydroxylation sites is 3. The first-order valence-corrected chi connectivity index (χ1v) is 39.3. The van der Waals surface area contributed by atoms with Gasteiger partial charge in [-0.2, -0.15) is 0 Å². The second-order valence-electron chi connectivity index (χ2n) is 32.8. The summed E-state index contributed by atoms with van der Waals surface area (Å²) in [6.07, 6.45) is 0. The molecule has 5 heteroatoms. The van der Waals surface area contributed by atoms with Gasteiger partial charge >= 0.3 is 0 Å². The summed E-state index contributed by atoms with van der Waals surface area (Å²) in [6, 6.07) is 129. The second kappa shape index (κ2) is 23.6. The van der Waals surface area contributed by atoms with Crippen molar-refractivity contribution in [3.05, 3.63) is 379 Å². The molecule has 0 N–H and O–H groups in total. The summed E-state index contributed by atoms with van der Waals surface area (Å²) >= 11 is 0. The molecule has 0 fully saturated rings. The SMILES string of the molecule is CC1(C)c2ccccc2-c2cc(-c3ccc4c(c3)c3ccccc3n4-c3cccc(-c4ccc(-c5cccc(-c6nc(-n7c8ccccc8c8cc(-c9ccc%10c(c9)-c9ccccc9C%10(C)C)ccc87)nc7ccc(-n8c9ccccc9c9cc(-c%10ccc%11c(c%10)-c%10ccccc%10C%11(C)C)ccc98)cc67)c5)cc4)c3)ccc21. The van der Waals surface area contributed by atoms with E-state index in [1.54, 1.807) is 0 Å². The molecule has 5 nitrogen and oxygen atoms in total. The van der Waals surface area contributed by atoms with Crippen LogP contribution in [0.2, 0.25) is 0 Å². The van der Waals surface area contributed by atoms with Crippen molar-refractivity contribution in [2.45, 2.75) is 57.8 Å². The van der Waals surface area contributed by atoms with E-state index in [0.29, 0.717) is 5.95 Å². The maximum Gasteiger partial charge on any atom is 0.235 e. The minimum atomic E-state index is -0.0717. The number of benzene rings is 16. The molecule has 4 heterocycles. The largest absolute Gasteiger partial charge is 0.309 e. The molecule has 0 radical (unpaired) electrons. The Bertz CT molecular complexity index is 7470. The van der Waals surface area contributed by atoms with Crippen LogP contribution >= 0.6 is 0 Å². The van der Waals surface area contributed by atoms with Gasteiger partial charge in [0, 0.05) is 70.9 Å². The summed E-state index contributed by atoms with van der Waals surface area (Å²) < 4.78 is 7.15. The highest BCUT2D eigenvalue weighted by Crippen LogP contribution is 2.54. The molecule has 3 aliphatic carbocycles. The van der Waals surface area contributed by atoms with Crippen LogP contribution in [-0.4, -0.2) is 23.7 Å². The summed E-state index contributed by atoms with van der Waals surface area (Å²) in [5.41, 5.74) is 39.4. The van der Waals surface area contributed by atoms with Crippen LogP contribution in [0.1, 0.15) is 74.9 Å². The van der Waals surface area contributed by atoms with Crippen molar-refractivity contribution in [1.82, 2.24) is 23.7 Å². The van der Waals surface area contributed by atoms with Crippen LogP contribution in [0.4, 0.5) is 0 Å². The van der Waals surface area contributed by atoms with Crippen molar-refractivity contribution in [2.24, 2.45) is 0 Å². The van der Waals surface area contributed by atoms with Gasteiger partial charge in [0.1, 0.15) is 0 Å². The molecule has 0 atom stereocenters. The first-order valence-electron chi connectivity index (χ1n) is 39.3. The van der Waals surface area contributed by atoms with Gasteiger partial charge in [0.25, 0.3) is 0 Å². The summed E-state index contributed by atoms with van der Waals surface area (Å²) in [5, 5.41) is 8.13. The third kappa shape index (κ3) is 9.37. The number of nitrogens with zero attached hydrogens (tertiary/aromatic N) is 5. The van der Waals surface area contributed by atoms with Gasteiger partial charge in [-0.05, 0) is 232 Å². The van der Waals surface area contributed by atoms with Crippen LogP contribution in [0.25, 0.3) is 194 Å². The highest BCUT2D eigenvalue weighted by Gasteiger charge is 2.38. The molecule has 0 amide bonds. The Balaban J connectivity index is 0.633. The molecule has 0 bridgehead atoms. The molecule has 16 aromatic carbocycles. The van der Waals surface area contributed by atoms with Crippen molar-refractivity contribution in [1.29, 1.82) is 0 Å². The maximum absolute atomic E-state index is 5.85. The third-order valence-corrected chi connectivity index (χ3v) is 25.7. The van der Waals surface area contributed by atoms with Gasteiger partial charge in [0.2, 0.25) is 5.95 Å². The first kappa shape index (κ1) is 64.3. The van der Waals surface area contributed by atoms with Crippen molar-refractivity contribution in [3.63, 3.8) is 0 Å². The highest BCUT2D eigenvalue weighted by molar-refractivity contribution is 6.14. The Labute approximate surface area is 650 Å². The van der Waals surface area contributed by atoms with E-state index in [1.807, 2.05) is 0 Å². The molecule has 528 valence electrons. The molecular formula is C107H75N5. The molecule has 20 aromatic rings. The van der Waals surface area contributed by atoms with Crippen LogP contribution in [0.3, 0.4) is 0 Å². The molecular weight excluding hydrogens is 1360 g/mol. The normalized spacial score (nSPS) is 14.0. The van der Waals surface area contributed by atoms with Crippen LogP contribution in [0.15, 0.2) is 346 Å². The topological polar surface area (TPSA) is 40.6 Å². The van der Waals surface area contributed by atoms with Crippen LogP contribution in [-0.2, 0) is 16.2 Å². The van der Waals surface area contributed by atoms with Crippen LogP contribution in [0.5, 0.6) is 0 Å². The van der Waals surface area contributed by atoms with E-state index in [1.165, 1.54) is 133 Å². The lowest BCUT2D eigenvalue weighted by Crippen LogP contribution is -2.14. The van der Waals surface area contributed by atoms with Gasteiger partial charge in [0.05, 0.1) is 44.3 Å². The van der Waals surface area contributed by atoms with Gasteiger partial charge in [-0.15, -0.1) is 0 Å². The van der Waals surface area contributed by atoms with Crippen molar-refractivity contribution >= 4 is 76.3 Å². The van der Waals surface area contributed by atoms with Gasteiger partial charge in [0.15, 0.2) is 0 Å². The summed E-state index contributed by atoms with van der Waals surface area (Å²) in [6.45, 7) is 14.1. The lowest BCUT2D eigenvalue weighted by atomic mass is 9.82. The van der Waals surface area contributed by atoms with E-state index in [4.69, 9.17) is 9.97 Å². The number of hydrogen-bond acceptors (Lipinski definition) is 2. The monoisotopic (exact) mass is 1430 g/mol. The van der Waals surface area contributed by atoms with E-state index in [0.717, 1.165) is 88.6 Å². The minimum Gasteiger partial charge on any atom is -0.309 e. The maximum atomic E-state index is 5.85. The fraction of sp³-hybridized carbons (Fsp3) is 0.0841. The zero-order valence-corrected chi connectivity index (χ0v) is 63.1. The summed E-state index contributed by atoms with van der Waals surface area (Å²) in [4.78, 5) is 11.5. The lowest BCUT2D eigenvalue weighted by molar-refractivity contribution is 0.660. The number of hydrogen-bond donors (Lipinski definition) is 0. The molecule has 3 aliphatic rings. The highest BCUT2D eigenvalue weighted by atomic mass is 15.2. The van der Waals surface area contributed by atoms with E-state index in [2.05, 4.69) is 401 Å². The van der Waals surface area contributed by atoms with Crippen molar-refractivity contribution in [2.75, 3.05) is 0 Å². The van der Waals surface area contributed by atoms with E-state index >= 15 is 0 Å². The number of aromatic nitrogens is 5. The average Bonchev–Trinajstić information content (AvgIpc) is 1.52. The zero-order chi connectivity index (χ0) is 74.6. The molecule has 0 saturated heterocycles. The quantitative estimate of drug-likeness (QED) is 0.144. The Kier molecular flexibility index (Phi) is 13.6. The smallest absolute Gasteiger partial charge is 0.235 e. The number of fused-ring (bicyclic) bond motifs is 19. The molecule has 4 aromatic heterocycles. The zero-order valence-electron chi connectivity index (χ0n) is 63.1. The summed E-state index contributed by atoms with van der Waals surface area (Å²) in [5.74, 6) is 0.613. The molecule has 0 unspecified atom stereocenters. The van der Waals surface area contributed by atoms with Crippen LogP contribution in [0, 0.1) is 0 Å². The molecule has 112 heavy (non-hydrogen) atoms. The third-order valence-electron chi connectivity index (χ3n) is 25.7. The Morgan fingerprint density at radius 1 is 0.196 bits per heavy atom. The Morgan fingerprint density at radius 2 is 0.527 bits per heavy atom. The van der Waals surface area contributed by atoms with E-state index < -0.39 is 0 Å². The van der Waals surface area contributed by atoms with Gasteiger partial charge in [-0.3, -0.25) is 4.57 Å². The van der Waals surface area contributed by atoms with E-state index in [9.17, 15) is 0 Å². The van der Waals surface area contributed by atoms with E-state index in [-0.39, 0.29) is 16.2 Å². The lowest BCUT2D eigenvalue weighted by Gasteiger charge is -2.21. The van der Waals surface area contributed by atoms with Crippen LogP contribution < -0.4 is 0 Å². The fourth-order valence-electron chi connectivity index (χ4n) is 20.0. The molecule has 0 saturated carbocycles. The van der Waals surface area contributed by atoms with Crippen molar-refractivity contribution < 1.29 is 0 Å². The summed E-state index contributed by atoms with van der Waals surface area (Å²) in [7, 11) is 0. The standard InChI is InChI=1S/C107H75N5/c1-105(2)90-31-13-7-25-77(90)83-57-68(41-48-93(83)105)71-44-52-100-86(60-71)80-28-10-16-34-97(80)110(100)75-24-20-22-67(56-75)65-39-37-64(38-40-65)66-21-19-23-74(55-66)103-89-63-76(111-98-35-17-11-29-81(98)87-61-72(45-53-101(87)111)69-42-49-94-84(58-69)78-26-8-14-32-91(78)106(94,3)4)47-51-96(89)108-104(109-103)112-99-36-18-12-30-82(99)88-62-73(46-54-102(88)112)70-43-50-95-85(59-70)79-27-9-15-33-92(79)107(95,5)6/h7-63H,1-6H3. The first-order chi connectivity index (χ1) is 54.8. The van der Waals surface area contributed by atoms with Gasteiger partial charge < -0.3 is 9.13 Å². The Morgan fingerprint density at radius 3 is 0.991 bits per heavy atom. The van der Waals surface area contributed by atoms with Gasteiger partial charge in [-0.25, -0.2) is 9.97 Å². The Hall–Kier alpha value is -13.7. The fourth-order valence-corrected chi connectivity index (χ4v) is 20.0. The minimum absolute atomic E-state index is 0.0386.